The molecule has 0 amide bonds. The summed E-state index contributed by atoms with van der Waals surface area (Å²) in [6.07, 6.45) is 2.10. The standard InChI is InChI=1S/C11H14O2/c1-6-7(2)10-4-9(6)5-11(10)13-8(3)12/h9-11H,1-2,4-5H2,3H3/t9-,10-,11+/m0/s1. The molecular weight excluding hydrogens is 164 g/mol. The van der Waals surface area contributed by atoms with Gasteiger partial charge in [-0.1, -0.05) is 13.2 Å². The maximum atomic E-state index is 10.8. The van der Waals surface area contributed by atoms with Gasteiger partial charge in [0.1, 0.15) is 6.10 Å². The zero-order valence-corrected chi connectivity index (χ0v) is 7.88. The van der Waals surface area contributed by atoms with Crippen molar-refractivity contribution in [1.29, 1.82) is 0 Å². The molecule has 0 aromatic carbocycles. The van der Waals surface area contributed by atoms with Crippen molar-refractivity contribution in [2.45, 2.75) is 25.9 Å². The van der Waals surface area contributed by atoms with Crippen molar-refractivity contribution in [1.82, 2.24) is 0 Å². The molecule has 2 aliphatic carbocycles. The van der Waals surface area contributed by atoms with Gasteiger partial charge >= 0.3 is 5.97 Å². The first-order chi connectivity index (χ1) is 6.09. The van der Waals surface area contributed by atoms with Crippen LogP contribution < -0.4 is 0 Å². The summed E-state index contributed by atoms with van der Waals surface area (Å²) in [5, 5.41) is 0. The maximum absolute atomic E-state index is 10.8. The molecule has 2 fully saturated rings. The van der Waals surface area contributed by atoms with E-state index in [0.29, 0.717) is 11.8 Å². The molecule has 0 N–H and O–H groups in total. The van der Waals surface area contributed by atoms with E-state index >= 15 is 0 Å². The Morgan fingerprint density at radius 1 is 1.38 bits per heavy atom. The third kappa shape index (κ3) is 1.21. The van der Waals surface area contributed by atoms with Gasteiger partial charge in [0.15, 0.2) is 0 Å². The highest BCUT2D eigenvalue weighted by molar-refractivity contribution is 5.66. The summed E-state index contributed by atoms with van der Waals surface area (Å²) in [5.74, 6) is 0.680. The van der Waals surface area contributed by atoms with Crippen molar-refractivity contribution in [3.05, 3.63) is 24.3 Å². The lowest BCUT2D eigenvalue weighted by Crippen LogP contribution is -2.24. The number of fused-ring (bicyclic) bond motifs is 2. The normalized spacial score (nSPS) is 36.8. The average Bonchev–Trinajstić information content (AvgIpc) is 2.53. The predicted molar refractivity (Wildman–Crippen MR) is 50.0 cm³/mol. The van der Waals surface area contributed by atoms with Crippen LogP contribution >= 0.6 is 0 Å². The zero-order chi connectivity index (χ0) is 9.59. The molecule has 0 heterocycles. The van der Waals surface area contributed by atoms with E-state index < -0.39 is 0 Å². The Kier molecular flexibility index (Phi) is 1.79. The van der Waals surface area contributed by atoms with E-state index in [4.69, 9.17) is 4.74 Å². The summed E-state index contributed by atoms with van der Waals surface area (Å²) in [4.78, 5) is 10.8. The molecule has 0 aliphatic heterocycles. The van der Waals surface area contributed by atoms with Crippen LogP contribution in [0.5, 0.6) is 0 Å². The van der Waals surface area contributed by atoms with Gasteiger partial charge in [-0.3, -0.25) is 4.79 Å². The molecule has 13 heavy (non-hydrogen) atoms. The summed E-state index contributed by atoms with van der Waals surface area (Å²) in [7, 11) is 0. The van der Waals surface area contributed by atoms with Crippen LogP contribution in [0.4, 0.5) is 0 Å². The second-order valence-electron chi connectivity index (χ2n) is 3.97. The molecule has 0 aromatic heterocycles. The summed E-state index contributed by atoms with van der Waals surface area (Å²) in [5.41, 5.74) is 2.27. The van der Waals surface area contributed by atoms with Crippen LogP contribution in [0.25, 0.3) is 0 Å². The van der Waals surface area contributed by atoms with E-state index in [0.717, 1.165) is 18.4 Å². The van der Waals surface area contributed by atoms with E-state index in [1.807, 2.05) is 0 Å². The number of allylic oxidation sites excluding steroid dienone is 1. The topological polar surface area (TPSA) is 26.3 Å². The summed E-state index contributed by atoms with van der Waals surface area (Å²) in [6.45, 7) is 9.44. The fraction of sp³-hybridized carbons (Fsp3) is 0.545. The molecule has 0 saturated heterocycles. The maximum Gasteiger partial charge on any atom is 0.302 e. The first kappa shape index (κ1) is 8.54. The van der Waals surface area contributed by atoms with Gasteiger partial charge in [0.2, 0.25) is 0 Å². The highest BCUT2D eigenvalue weighted by Gasteiger charge is 2.46. The number of carbonyl (C=O) groups excluding carboxylic acids is 1. The van der Waals surface area contributed by atoms with Gasteiger partial charge in [-0.15, -0.1) is 0 Å². The average molecular weight is 178 g/mol. The number of ether oxygens (including phenoxy) is 1. The molecule has 0 aromatic rings. The Morgan fingerprint density at radius 2 is 2.08 bits per heavy atom. The predicted octanol–water partition coefficient (Wildman–Crippen LogP) is 2.07. The Bertz CT molecular complexity index is 290. The fourth-order valence-corrected chi connectivity index (χ4v) is 2.49. The lowest BCUT2D eigenvalue weighted by Gasteiger charge is -2.24. The van der Waals surface area contributed by atoms with Crippen molar-refractivity contribution in [2.24, 2.45) is 11.8 Å². The summed E-state index contributed by atoms with van der Waals surface area (Å²) < 4.78 is 5.22. The van der Waals surface area contributed by atoms with Gasteiger partial charge in [-0.2, -0.15) is 0 Å². The van der Waals surface area contributed by atoms with Crippen molar-refractivity contribution >= 4 is 5.97 Å². The van der Waals surface area contributed by atoms with E-state index in [9.17, 15) is 4.79 Å². The molecule has 70 valence electrons. The summed E-state index contributed by atoms with van der Waals surface area (Å²) in [6, 6.07) is 0. The van der Waals surface area contributed by atoms with Crippen molar-refractivity contribution in [2.75, 3.05) is 0 Å². The van der Waals surface area contributed by atoms with Gasteiger partial charge in [-0.05, 0) is 29.9 Å². The number of hydrogen-bond donors (Lipinski definition) is 0. The van der Waals surface area contributed by atoms with Gasteiger partial charge in [-0.25, -0.2) is 0 Å². The smallest absolute Gasteiger partial charge is 0.302 e. The first-order valence-electron chi connectivity index (χ1n) is 4.64. The third-order valence-electron chi connectivity index (χ3n) is 3.17. The van der Waals surface area contributed by atoms with Crippen molar-refractivity contribution in [3.8, 4) is 0 Å². The van der Waals surface area contributed by atoms with Gasteiger partial charge in [0.25, 0.3) is 0 Å². The van der Waals surface area contributed by atoms with Crippen molar-refractivity contribution in [3.63, 3.8) is 0 Å². The lowest BCUT2D eigenvalue weighted by molar-refractivity contribution is -0.147. The Labute approximate surface area is 78.3 Å². The summed E-state index contributed by atoms with van der Waals surface area (Å²) >= 11 is 0. The Morgan fingerprint density at radius 3 is 2.54 bits per heavy atom. The van der Waals surface area contributed by atoms with Crippen LogP contribution in [0.1, 0.15) is 19.8 Å². The number of rotatable bonds is 1. The molecule has 0 radical (unpaired) electrons. The highest BCUT2D eigenvalue weighted by Crippen LogP contribution is 2.51. The zero-order valence-electron chi connectivity index (χ0n) is 7.88. The fourth-order valence-electron chi connectivity index (χ4n) is 2.49. The minimum atomic E-state index is -0.184. The van der Waals surface area contributed by atoms with E-state index in [1.54, 1.807) is 0 Å². The second-order valence-corrected chi connectivity index (χ2v) is 3.97. The lowest BCUT2D eigenvalue weighted by atomic mass is 9.90. The van der Waals surface area contributed by atoms with Crippen LogP contribution in [0.15, 0.2) is 24.3 Å². The third-order valence-corrected chi connectivity index (χ3v) is 3.17. The van der Waals surface area contributed by atoms with E-state index in [-0.39, 0.29) is 12.1 Å². The molecule has 2 heteroatoms. The van der Waals surface area contributed by atoms with Gasteiger partial charge < -0.3 is 4.74 Å². The number of carbonyl (C=O) groups is 1. The monoisotopic (exact) mass is 178 g/mol. The molecule has 0 spiro atoms. The Balaban J connectivity index is 2.10. The van der Waals surface area contributed by atoms with Crippen LogP contribution in [0.3, 0.4) is 0 Å². The highest BCUT2D eigenvalue weighted by atomic mass is 16.5. The van der Waals surface area contributed by atoms with Crippen LogP contribution in [0, 0.1) is 11.8 Å². The first-order valence-corrected chi connectivity index (χ1v) is 4.64. The van der Waals surface area contributed by atoms with Crippen LogP contribution in [-0.2, 0) is 9.53 Å². The van der Waals surface area contributed by atoms with E-state index in [1.165, 1.54) is 12.5 Å². The molecule has 0 unspecified atom stereocenters. The van der Waals surface area contributed by atoms with Gasteiger partial charge in [0.05, 0.1) is 0 Å². The molecule has 2 nitrogen and oxygen atoms in total. The molecule has 2 aliphatic rings. The number of esters is 1. The SMILES string of the molecule is C=C1C(=C)[C@@H]2C[C@H]1C[C@H]2OC(C)=O. The molecule has 3 atom stereocenters. The largest absolute Gasteiger partial charge is 0.462 e. The van der Waals surface area contributed by atoms with Crippen LogP contribution in [-0.4, -0.2) is 12.1 Å². The quantitative estimate of drug-likeness (QED) is 0.574. The number of hydrogen-bond acceptors (Lipinski definition) is 2. The minimum Gasteiger partial charge on any atom is -0.462 e. The molecule has 2 bridgehead atoms. The van der Waals surface area contributed by atoms with Crippen LogP contribution in [0.2, 0.25) is 0 Å². The molecular formula is C11H14O2. The van der Waals surface area contributed by atoms with E-state index in [2.05, 4.69) is 13.2 Å². The molecule has 2 rings (SSSR count). The van der Waals surface area contributed by atoms with Crippen molar-refractivity contribution < 1.29 is 9.53 Å². The van der Waals surface area contributed by atoms with Gasteiger partial charge in [0, 0.05) is 12.8 Å². The molecule has 2 saturated carbocycles. The Hall–Kier alpha value is -1.05. The minimum absolute atomic E-state index is 0.0699. The second kappa shape index (κ2) is 2.72.